The SMILES string of the molecule is Cc1cn2cc(C3CC3)cnc2c1C(=O)NC1(c2ncc(C(F)(F)F)cc2F)CCOCC1(C)O. The Morgan fingerprint density at radius 2 is 2.00 bits per heavy atom. The summed E-state index contributed by atoms with van der Waals surface area (Å²) < 4.78 is 61.5. The number of carbonyl (C=O) groups excluding carboxylic acids is 1. The average Bonchev–Trinajstić information content (AvgIpc) is 3.56. The lowest BCUT2D eigenvalue weighted by Crippen LogP contribution is -2.65. The second kappa shape index (κ2) is 7.99. The maximum Gasteiger partial charge on any atom is 0.417 e. The molecule has 1 amide bonds. The fraction of sp³-hybridized carbons (Fsp3) is 0.458. The number of aryl methyl sites for hydroxylation is 1. The van der Waals surface area contributed by atoms with Crippen LogP contribution in [0.15, 0.2) is 30.9 Å². The highest BCUT2D eigenvalue weighted by Crippen LogP contribution is 2.42. The molecule has 11 heteroatoms. The van der Waals surface area contributed by atoms with Gasteiger partial charge in [-0.15, -0.1) is 0 Å². The Balaban J connectivity index is 1.58. The molecule has 3 aromatic heterocycles. The lowest BCUT2D eigenvalue weighted by Gasteiger charge is -2.48. The number of nitrogens with zero attached hydrogens (tertiary/aromatic N) is 3. The highest BCUT2D eigenvalue weighted by atomic mass is 19.4. The van der Waals surface area contributed by atoms with Crippen molar-refractivity contribution in [1.29, 1.82) is 0 Å². The number of hydrogen-bond acceptors (Lipinski definition) is 5. The quantitative estimate of drug-likeness (QED) is 0.540. The maximum absolute atomic E-state index is 15.1. The van der Waals surface area contributed by atoms with Gasteiger partial charge in [-0.25, -0.2) is 9.37 Å². The largest absolute Gasteiger partial charge is 0.417 e. The van der Waals surface area contributed by atoms with Crippen molar-refractivity contribution >= 4 is 11.6 Å². The monoisotopic (exact) mass is 492 g/mol. The Bertz CT molecular complexity index is 1320. The lowest BCUT2D eigenvalue weighted by molar-refractivity contribution is -0.142. The van der Waals surface area contributed by atoms with E-state index in [1.165, 1.54) is 6.92 Å². The number of ether oxygens (including phenoxy) is 1. The first kappa shape index (κ1) is 23.7. The first-order valence-electron chi connectivity index (χ1n) is 11.3. The van der Waals surface area contributed by atoms with Crippen LogP contribution in [0.3, 0.4) is 0 Å². The minimum Gasteiger partial charge on any atom is -0.385 e. The van der Waals surface area contributed by atoms with Gasteiger partial charge in [0.25, 0.3) is 5.91 Å². The van der Waals surface area contributed by atoms with Crippen LogP contribution in [0.25, 0.3) is 5.65 Å². The number of rotatable bonds is 4. The summed E-state index contributed by atoms with van der Waals surface area (Å²) in [6.07, 6.45) is 3.17. The zero-order chi connectivity index (χ0) is 25.2. The summed E-state index contributed by atoms with van der Waals surface area (Å²) in [5, 5.41) is 14.0. The molecule has 2 fully saturated rings. The van der Waals surface area contributed by atoms with Crippen molar-refractivity contribution in [3.8, 4) is 0 Å². The first-order chi connectivity index (χ1) is 16.4. The molecule has 35 heavy (non-hydrogen) atoms. The number of halogens is 4. The van der Waals surface area contributed by atoms with Gasteiger partial charge in [0.05, 0.1) is 17.7 Å². The van der Waals surface area contributed by atoms with Crippen LogP contribution in [0.5, 0.6) is 0 Å². The van der Waals surface area contributed by atoms with Crippen molar-refractivity contribution in [2.24, 2.45) is 0 Å². The van der Waals surface area contributed by atoms with Crippen molar-refractivity contribution < 1.29 is 32.2 Å². The summed E-state index contributed by atoms with van der Waals surface area (Å²) in [6, 6.07) is 0.321. The van der Waals surface area contributed by atoms with Gasteiger partial charge < -0.3 is 19.6 Å². The molecule has 186 valence electrons. The van der Waals surface area contributed by atoms with Gasteiger partial charge in [0.15, 0.2) is 0 Å². The number of hydrogen-bond donors (Lipinski definition) is 2. The zero-order valence-corrected chi connectivity index (χ0v) is 19.1. The summed E-state index contributed by atoms with van der Waals surface area (Å²) in [4.78, 5) is 21.8. The molecule has 1 aliphatic heterocycles. The van der Waals surface area contributed by atoms with E-state index < -0.39 is 40.3 Å². The Morgan fingerprint density at radius 1 is 1.26 bits per heavy atom. The van der Waals surface area contributed by atoms with Crippen LogP contribution in [-0.2, 0) is 16.5 Å². The molecule has 1 saturated carbocycles. The van der Waals surface area contributed by atoms with E-state index in [4.69, 9.17) is 4.74 Å². The van der Waals surface area contributed by atoms with Crippen molar-refractivity contribution in [3.63, 3.8) is 0 Å². The average molecular weight is 492 g/mol. The molecule has 2 atom stereocenters. The Labute approximate surface area is 198 Å². The summed E-state index contributed by atoms with van der Waals surface area (Å²) >= 11 is 0. The van der Waals surface area contributed by atoms with Gasteiger partial charge in [-0.05, 0) is 49.8 Å². The number of alkyl halides is 3. The molecular formula is C24H24F4N4O3. The number of nitrogens with one attached hydrogen (secondary N) is 1. The van der Waals surface area contributed by atoms with E-state index in [1.807, 2.05) is 6.20 Å². The van der Waals surface area contributed by atoms with Crippen molar-refractivity contribution in [2.75, 3.05) is 13.2 Å². The Kier molecular flexibility index (Phi) is 5.41. The predicted molar refractivity (Wildman–Crippen MR) is 116 cm³/mol. The van der Waals surface area contributed by atoms with Gasteiger partial charge in [-0.1, -0.05) is 0 Å². The van der Waals surface area contributed by atoms with Crippen molar-refractivity contribution in [1.82, 2.24) is 19.7 Å². The highest BCUT2D eigenvalue weighted by molar-refractivity contribution is 6.02. The predicted octanol–water partition coefficient (Wildman–Crippen LogP) is 3.87. The maximum atomic E-state index is 15.1. The zero-order valence-electron chi connectivity index (χ0n) is 19.1. The second-order valence-corrected chi connectivity index (χ2v) is 9.57. The van der Waals surface area contributed by atoms with Crippen molar-refractivity contribution in [3.05, 3.63) is 64.6 Å². The first-order valence-corrected chi connectivity index (χ1v) is 11.3. The van der Waals surface area contributed by atoms with E-state index in [2.05, 4.69) is 15.3 Å². The van der Waals surface area contributed by atoms with Crippen LogP contribution >= 0.6 is 0 Å². The molecule has 1 saturated heterocycles. The van der Waals surface area contributed by atoms with E-state index in [0.29, 0.717) is 29.4 Å². The van der Waals surface area contributed by atoms with Gasteiger partial charge in [0.1, 0.15) is 28.3 Å². The number of fused-ring (bicyclic) bond motifs is 1. The van der Waals surface area contributed by atoms with Gasteiger partial charge in [-0.3, -0.25) is 9.78 Å². The van der Waals surface area contributed by atoms with E-state index >= 15 is 4.39 Å². The number of amides is 1. The van der Waals surface area contributed by atoms with Gasteiger partial charge in [-0.2, -0.15) is 13.2 Å². The fourth-order valence-corrected chi connectivity index (χ4v) is 4.79. The highest BCUT2D eigenvalue weighted by Gasteiger charge is 2.55. The summed E-state index contributed by atoms with van der Waals surface area (Å²) in [5.74, 6) is -1.48. The molecule has 5 rings (SSSR count). The van der Waals surface area contributed by atoms with Gasteiger partial charge in [0.2, 0.25) is 0 Å². The van der Waals surface area contributed by atoms with Crippen LogP contribution < -0.4 is 5.32 Å². The molecule has 2 N–H and O–H groups in total. The topological polar surface area (TPSA) is 88.8 Å². The molecule has 4 heterocycles. The third kappa shape index (κ3) is 3.96. The molecule has 2 unspecified atom stereocenters. The fourth-order valence-electron chi connectivity index (χ4n) is 4.79. The third-order valence-electron chi connectivity index (χ3n) is 6.92. The molecule has 0 radical (unpaired) electrons. The second-order valence-electron chi connectivity index (χ2n) is 9.57. The third-order valence-corrected chi connectivity index (χ3v) is 6.92. The number of aliphatic hydroxyl groups is 1. The van der Waals surface area contributed by atoms with E-state index in [-0.39, 0.29) is 25.2 Å². The van der Waals surface area contributed by atoms with Crippen LogP contribution in [0, 0.1) is 12.7 Å². The summed E-state index contributed by atoms with van der Waals surface area (Å²) in [6.45, 7) is 2.80. The van der Waals surface area contributed by atoms with E-state index in [9.17, 15) is 23.1 Å². The van der Waals surface area contributed by atoms with Gasteiger partial charge >= 0.3 is 6.18 Å². The lowest BCUT2D eigenvalue weighted by atomic mass is 9.74. The number of aromatic nitrogens is 3. The van der Waals surface area contributed by atoms with Crippen LogP contribution in [0.2, 0.25) is 0 Å². The Hall–Kier alpha value is -3.05. The molecule has 0 bridgehead atoms. The summed E-state index contributed by atoms with van der Waals surface area (Å²) in [5.41, 5.74) is -3.19. The van der Waals surface area contributed by atoms with E-state index in [1.54, 1.807) is 23.7 Å². The molecule has 1 aliphatic carbocycles. The van der Waals surface area contributed by atoms with Crippen LogP contribution in [0.4, 0.5) is 17.6 Å². The smallest absolute Gasteiger partial charge is 0.385 e. The number of carbonyl (C=O) groups is 1. The minimum atomic E-state index is -4.80. The molecular weight excluding hydrogens is 468 g/mol. The normalized spacial score (nSPS) is 25.1. The molecule has 0 aromatic carbocycles. The van der Waals surface area contributed by atoms with Crippen molar-refractivity contribution in [2.45, 2.75) is 56.3 Å². The molecule has 7 nitrogen and oxygen atoms in total. The van der Waals surface area contributed by atoms with Crippen LogP contribution in [0.1, 0.15) is 64.8 Å². The molecule has 2 aliphatic rings. The molecule has 0 spiro atoms. The Morgan fingerprint density at radius 3 is 2.63 bits per heavy atom. The van der Waals surface area contributed by atoms with E-state index in [0.717, 1.165) is 18.4 Å². The molecule has 3 aromatic rings. The number of pyridine rings is 1. The van der Waals surface area contributed by atoms with Gasteiger partial charge in [0, 0.05) is 37.8 Å². The standard InChI is InChI=1S/C24H24F4N4O3/c1-13-10-32-11-15(14-3-4-14)8-30-20(32)18(13)21(33)31-23(5-6-35-12-22(23,2)34)19-17(25)7-16(9-29-19)24(26,27)28/h7-11,14,34H,3-6,12H2,1-2H3,(H,31,33). The minimum absolute atomic E-state index is 0.0249. The summed E-state index contributed by atoms with van der Waals surface area (Å²) in [7, 11) is 0. The van der Waals surface area contributed by atoms with Crippen LogP contribution in [-0.4, -0.2) is 44.2 Å².